The number of hydrogen-bond acceptors (Lipinski definition) is 5. The average molecular weight is 443 g/mol. The number of aliphatic hydroxyl groups is 1. The Hall–Kier alpha value is -3.02. The van der Waals surface area contributed by atoms with Crippen LogP contribution >= 0.6 is 0 Å². The largest absolute Gasteiger partial charge is 0.462 e. The molecule has 2 aliphatic rings. The Morgan fingerprint density at radius 3 is 2.18 bits per heavy atom. The molecule has 1 atom stereocenters. The number of hydrogen-bond donors (Lipinski definition) is 1. The van der Waals surface area contributed by atoms with E-state index >= 15 is 0 Å². The number of aromatic nitrogens is 1. The van der Waals surface area contributed by atoms with Gasteiger partial charge in [-0.1, -0.05) is 55.0 Å². The Morgan fingerprint density at radius 1 is 0.939 bits per heavy atom. The van der Waals surface area contributed by atoms with Crippen molar-refractivity contribution >= 4 is 5.97 Å². The van der Waals surface area contributed by atoms with Gasteiger partial charge < -0.3 is 14.7 Å². The Morgan fingerprint density at radius 2 is 1.55 bits per heavy atom. The second kappa shape index (κ2) is 9.46. The summed E-state index contributed by atoms with van der Waals surface area (Å²) in [6.45, 7) is 3.47. The van der Waals surface area contributed by atoms with Crippen LogP contribution in [0.5, 0.6) is 0 Å². The van der Waals surface area contributed by atoms with Crippen LogP contribution in [0.1, 0.15) is 48.3 Å². The third-order valence-corrected chi connectivity index (χ3v) is 7.05. The molecule has 5 nitrogen and oxygen atoms in total. The first-order chi connectivity index (χ1) is 16.2. The summed E-state index contributed by atoms with van der Waals surface area (Å²) in [4.78, 5) is 20.1. The monoisotopic (exact) mass is 442 g/mol. The number of pyridine rings is 1. The molecule has 1 aromatic heterocycles. The molecule has 3 aromatic rings. The third-order valence-electron chi connectivity index (χ3n) is 7.05. The van der Waals surface area contributed by atoms with E-state index in [9.17, 15) is 9.90 Å². The molecule has 1 N–H and O–H groups in total. The van der Waals surface area contributed by atoms with Gasteiger partial charge in [-0.05, 0) is 67.7 Å². The molecular formula is C28H30N2O3. The number of piperidine rings is 1. The third kappa shape index (κ3) is 4.19. The van der Waals surface area contributed by atoms with Gasteiger partial charge in [-0.3, -0.25) is 4.98 Å². The van der Waals surface area contributed by atoms with E-state index in [1.54, 1.807) is 12.4 Å². The Balaban J connectivity index is 1.35. The molecule has 2 heterocycles. The van der Waals surface area contributed by atoms with E-state index in [0.717, 1.165) is 42.7 Å². The number of carbonyl (C=O) groups is 1. The highest BCUT2D eigenvalue weighted by molar-refractivity contribution is 5.96. The van der Waals surface area contributed by atoms with Gasteiger partial charge in [-0.25, -0.2) is 4.79 Å². The standard InChI is InChI=1S/C28H30N2O3/c31-27(28(32)25-10-4-2-8-23(25)24-9-3-5-11-26(24)28)33-20-22(21-12-15-29-16-13-21)14-19-30-17-6-1-7-18-30/h2-5,8-13,15-16,22,32H,1,6-7,14,17-20H2/t22-/m0/s1. The van der Waals surface area contributed by atoms with Gasteiger partial charge in [0.15, 0.2) is 0 Å². The maximum Gasteiger partial charge on any atom is 0.347 e. The van der Waals surface area contributed by atoms with Gasteiger partial charge in [0.2, 0.25) is 5.60 Å². The first-order valence-corrected chi connectivity index (χ1v) is 11.9. The molecule has 170 valence electrons. The average Bonchev–Trinajstić information content (AvgIpc) is 3.15. The van der Waals surface area contributed by atoms with Crippen molar-refractivity contribution in [3.63, 3.8) is 0 Å². The molecule has 1 aliphatic heterocycles. The molecule has 5 heteroatoms. The maximum absolute atomic E-state index is 13.4. The lowest BCUT2D eigenvalue weighted by Crippen LogP contribution is -2.37. The van der Waals surface area contributed by atoms with Gasteiger partial charge >= 0.3 is 5.97 Å². The van der Waals surface area contributed by atoms with Crippen molar-refractivity contribution in [1.82, 2.24) is 9.88 Å². The highest BCUT2D eigenvalue weighted by atomic mass is 16.5. The van der Waals surface area contributed by atoms with Crippen molar-refractivity contribution in [2.45, 2.75) is 37.2 Å². The topological polar surface area (TPSA) is 62.7 Å². The molecule has 1 aliphatic carbocycles. The minimum Gasteiger partial charge on any atom is -0.462 e. The maximum atomic E-state index is 13.4. The van der Waals surface area contributed by atoms with Crippen molar-refractivity contribution in [3.8, 4) is 11.1 Å². The van der Waals surface area contributed by atoms with Gasteiger partial charge in [0, 0.05) is 29.4 Å². The number of nitrogens with zero attached hydrogens (tertiary/aromatic N) is 2. The van der Waals surface area contributed by atoms with E-state index in [1.807, 2.05) is 60.7 Å². The van der Waals surface area contributed by atoms with Crippen molar-refractivity contribution in [1.29, 1.82) is 0 Å². The SMILES string of the molecule is O=C(OC[C@H](CCN1CCCCC1)c1ccncc1)C1(O)c2ccccc2-c2ccccc21. The number of carbonyl (C=O) groups excluding carboxylic acids is 1. The van der Waals surface area contributed by atoms with Gasteiger partial charge in [-0.15, -0.1) is 0 Å². The van der Waals surface area contributed by atoms with Gasteiger partial charge in [-0.2, -0.15) is 0 Å². The van der Waals surface area contributed by atoms with E-state index in [2.05, 4.69) is 9.88 Å². The second-order valence-corrected chi connectivity index (χ2v) is 9.07. The van der Waals surface area contributed by atoms with Crippen molar-refractivity contribution < 1.29 is 14.6 Å². The summed E-state index contributed by atoms with van der Waals surface area (Å²) in [7, 11) is 0. The van der Waals surface area contributed by atoms with Crippen molar-refractivity contribution in [3.05, 3.63) is 89.7 Å². The molecule has 33 heavy (non-hydrogen) atoms. The highest BCUT2D eigenvalue weighted by Crippen LogP contribution is 2.48. The smallest absolute Gasteiger partial charge is 0.347 e. The number of likely N-dealkylation sites (tertiary alicyclic amines) is 1. The first-order valence-electron chi connectivity index (χ1n) is 11.9. The fraction of sp³-hybridized carbons (Fsp3) is 0.357. The van der Waals surface area contributed by atoms with Crippen molar-refractivity contribution in [2.75, 3.05) is 26.2 Å². The first kappa shape index (κ1) is 21.8. The molecule has 2 aromatic carbocycles. The van der Waals surface area contributed by atoms with Crippen LogP contribution in [0.25, 0.3) is 11.1 Å². The van der Waals surface area contributed by atoms with Crippen LogP contribution in [0, 0.1) is 0 Å². The van der Waals surface area contributed by atoms with Crippen LogP contribution < -0.4 is 0 Å². The van der Waals surface area contributed by atoms with Crippen LogP contribution in [-0.2, 0) is 15.1 Å². The van der Waals surface area contributed by atoms with E-state index < -0.39 is 11.6 Å². The summed E-state index contributed by atoms with van der Waals surface area (Å²) in [6, 6.07) is 19.0. The van der Waals surface area contributed by atoms with E-state index in [0.29, 0.717) is 11.1 Å². The predicted octanol–water partition coefficient (Wildman–Crippen LogP) is 4.50. The number of ether oxygens (including phenoxy) is 1. The molecule has 0 radical (unpaired) electrons. The number of benzene rings is 2. The predicted molar refractivity (Wildman–Crippen MR) is 128 cm³/mol. The van der Waals surface area contributed by atoms with Crippen LogP contribution in [0.2, 0.25) is 0 Å². The summed E-state index contributed by atoms with van der Waals surface area (Å²) in [5.41, 5.74) is 2.25. The Kier molecular flexibility index (Phi) is 6.25. The van der Waals surface area contributed by atoms with Gasteiger partial charge in [0.05, 0.1) is 6.61 Å². The second-order valence-electron chi connectivity index (χ2n) is 9.07. The summed E-state index contributed by atoms with van der Waals surface area (Å²) in [5.74, 6) is -0.564. The molecule has 0 bridgehead atoms. The zero-order chi connectivity index (χ0) is 22.7. The molecule has 1 saturated heterocycles. The zero-order valence-corrected chi connectivity index (χ0v) is 18.8. The summed E-state index contributed by atoms with van der Waals surface area (Å²) in [5, 5.41) is 11.7. The number of rotatable bonds is 7. The van der Waals surface area contributed by atoms with Crippen LogP contribution in [0.3, 0.4) is 0 Å². The Bertz CT molecular complexity index is 1060. The van der Waals surface area contributed by atoms with Crippen LogP contribution in [0.15, 0.2) is 73.1 Å². The molecule has 0 spiro atoms. The van der Waals surface area contributed by atoms with Crippen molar-refractivity contribution in [2.24, 2.45) is 0 Å². The molecular weight excluding hydrogens is 412 g/mol. The van der Waals surface area contributed by atoms with Gasteiger partial charge in [0.25, 0.3) is 0 Å². The molecule has 0 unspecified atom stereocenters. The summed E-state index contributed by atoms with van der Waals surface area (Å²) < 4.78 is 5.87. The summed E-state index contributed by atoms with van der Waals surface area (Å²) >= 11 is 0. The minimum absolute atomic E-state index is 0.0503. The lowest BCUT2D eigenvalue weighted by atomic mass is 9.91. The van der Waals surface area contributed by atoms with E-state index in [-0.39, 0.29) is 12.5 Å². The minimum atomic E-state index is -1.79. The number of fused-ring (bicyclic) bond motifs is 3. The lowest BCUT2D eigenvalue weighted by molar-refractivity contribution is -0.162. The molecule has 0 amide bonds. The fourth-order valence-electron chi connectivity index (χ4n) is 5.22. The van der Waals surface area contributed by atoms with E-state index in [4.69, 9.17) is 4.74 Å². The quantitative estimate of drug-likeness (QED) is 0.546. The highest BCUT2D eigenvalue weighted by Gasteiger charge is 2.49. The molecule has 1 fully saturated rings. The summed E-state index contributed by atoms with van der Waals surface area (Å²) in [6.07, 6.45) is 8.26. The van der Waals surface area contributed by atoms with Gasteiger partial charge in [0.1, 0.15) is 0 Å². The normalized spacial score (nSPS) is 17.7. The lowest BCUT2D eigenvalue weighted by Gasteiger charge is -2.29. The van der Waals surface area contributed by atoms with Crippen LogP contribution in [0.4, 0.5) is 0 Å². The Labute approximate surface area is 195 Å². The zero-order valence-electron chi connectivity index (χ0n) is 18.8. The van der Waals surface area contributed by atoms with Crippen LogP contribution in [-0.4, -0.2) is 47.2 Å². The number of esters is 1. The molecule has 0 saturated carbocycles. The fourth-order valence-corrected chi connectivity index (χ4v) is 5.22. The van der Waals surface area contributed by atoms with E-state index in [1.165, 1.54) is 19.3 Å². The molecule has 5 rings (SSSR count).